The fourth-order valence-corrected chi connectivity index (χ4v) is 2.51. The zero-order chi connectivity index (χ0) is 14.4. The van der Waals surface area contributed by atoms with Gasteiger partial charge in [0.1, 0.15) is 0 Å². The molecule has 0 saturated carbocycles. The Kier molecular flexibility index (Phi) is 6.48. The van der Waals surface area contributed by atoms with Gasteiger partial charge < -0.3 is 11.1 Å². The third-order valence-corrected chi connectivity index (χ3v) is 3.98. The molecule has 0 radical (unpaired) electrons. The van der Waals surface area contributed by atoms with Crippen molar-refractivity contribution in [3.8, 4) is 0 Å². The highest BCUT2D eigenvalue weighted by Crippen LogP contribution is 2.17. The van der Waals surface area contributed by atoms with E-state index in [9.17, 15) is 9.00 Å². The second-order valence-corrected chi connectivity index (χ2v) is 6.48. The van der Waals surface area contributed by atoms with Gasteiger partial charge in [-0.1, -0.05) is 17.7 Å². The minimum atomic E-state index is -0.764. The molecule has 0 aromatic heterocycles. The number of halogens is 1. The molecule has 1 aromatic rings. The van der Waals surface area contributed by atoms with Crippen molar-refractivity contribution in [2.75, 3.05) is 12.0 Å². The van der Waals surface area contributed by atoms with Gasteiger partial charge in [-0.2, -0.15) is 0 Å². The standard InChI is InChI=1S/C13H19ClN2O2S/c1-9(5-6-19(2)18)16-8-11-4-3-10(13(15)17)7-12(11)14/h3-4,7,9,16H,5-6,8H2,1-2H3,(H2,15,17). The highest BCUT2D eigenvalue weighted by Gasteiger charge is 2.07. The predicted molar refractivity (Wildman–Crippen MR) is 79.8 cm³/mol. The molecule has 0 spiro atoms. The van der Waals surface area contributed by atoms with Crippen LogP contribution in [0, 0.1) is 0 Å². The molecule has 19 heavy (non-hydrogen) atoms. The predicted octanol–water partition coefficient (Wildman–Crippen LogP) is 1.69. The van der Waals surface area contributed by atoms with Gasteiger partial charge in [0.2, 0.25) is 5.91 Å². The Balaban J connectivity index is 2.53. The topological polar surface area (TPSA) is 72.2 Å². The lowest BCUT2D eigenvalue weighted by atomic mass is 10.1. The van der Waals surface area contributed by atoms with Crippen LogP contribution in [-0.4, -0.2) is 28.2 Å². The number of hydrogen-bond donors (Lipinski definition) is 2. The zero-order valence-corrected chi connectivity index (χ0v) is 12.7. The molecule has 106 valence electrons. The number of carbonyl (C=O) groups excluding carboxylic acids is 1. The quantitative estimate of drug-likeness (QED) is 0.805. The number of rotatable bonds is 7. The summed E-state index contributed by atoms with van der Waals surface area (Å²) in [6.45, 7) is 2.65. The van der Waals surface area contributed by atoms with Crippen LogP contribution in [0.25, 0.3) is 0 Å². The SMILES string of the molecule is CC(CCS(C)=O)NCc1ccc(C(N)=O)cc1Cl. The van der Waals surface area contributed by atoms with Crippen molar-refractivity contribution in [2.45, 2.75) is 25.9 Å². The Labute approximate surface area is 121 Å². The van der Waals surface area contributed by atoms with Gasteiger partial charge in [0.25, 0.3) is 0 Å². The summed E-state index contributed by atoms with van der Waals surface area (Å²) in [5, 5.41) is 3.83. The van der Waals surface area contributed by atoms with Crippen LogP contribution < -0.4 is 11.1 Å². The molecule has 1 aromatic carbocycles. The maximum absolute atomic E-state index is 11.0. The number of carbonyl (C=O) groups is 1. The fraction of sp³-hybridized carbons (Fsp3) is 0.462. The molecule has 2 unspecified atom stereocenters. The summed E-state index contributed by atoms with van der Waals surface area (Å²) in [4.78, 5) is 11.0. The Morgan fingerprint density at radius 3 is 2.74 bits per heavy atom. The molecule has 0 aliphatic rings. The van der Waals surface area contributed by atoms with E-state index in [4.69, 9.17) is 17.3 Å². The van der Waals surface area contributed by atoms with Crippen molar-refractivity contribution >= 4 is 28.3 Å². The van der Waals surface area contributed by atoms with E-state index in [1.54, 1.807) is 24.5 Å². The molecular formula is C13H19ClN2O2S. The second kappa shape index (κ2) is 7.62. The van der Waals surface area contributed by atoms with Gasteiger partial charge in [0.05, 0.1) is 0 Å². The fourth-order valence-electron chi connectivity index (χ4n) is 1.57. The summed E-state index contributed by atoms with van der Waals surface area (Å²) < 4.78 is 11.0. The van der Waals surface area contributed by atoms with Crippen LogP contribution in [0.3, 0.4) is 0 Å². The molecule has 1 rings (SSSR count). The van der Waals surface area contributed by atoms with E-state index in [1.165, 1.54) is 0 Å². The molecule has 0 bridgehead atoms. The van der Waals surface area contributed by atoms with Crippen molar-refractivity contribution in [3.05, 3.63) is 34.3 Å². The molecule has 0 aliphatic heterocycles. The molecule has 0 fully saturated rings. The number of amides is 1. The maximum atomic E-state index is 11.0. The second-order valence-electron chi connectivity index (χ2n) is 4.52. The molecule has 4 nitrogen and oxygen atoms in total. The van der Waals surface area contributed by atoms with E-state index in [0.717, 1.165) is 12.0 Å². The van der Waals surface area contributed by atoms with E-state index in [0.29, 0.717) is 22.9 Å². The highest BCUT2D eigenvalue weighted by molar-refractivity contribution is 7.84. The molecule has 6 heteroatoms. The minimum Gasteiger partial charge on any atom is -0.366 e. The lowest BCUT2D eigenvalue weighted by Crippen LogP contribution is -2.27. The molecule has 3 N–H and O–H groups in total. The summed E-state index contributed by atoms with van der Waals surface area (Å²) >= 11 is 6.09. The van der Waals surface area contributed by atoms with Crippen LogP contribution in [0.1, 0.15) is 29.3 Å². The molecule has 1 amide bonds. The van der Waals surface area contributed by atoms with Crippen molar-refractivity contribution in [1.29, 1.82) is 0 Å². The number of nitrogens with one attached hydrogen (secondary N) is 1. The Hall–Kier alpha value is -0.910. The van der Waals surface area contributed by atoms with Gasteiger partial charge in [-0.15, -0.1) is 0 Å². The van der Waals surface area contributed by atoms with Gasteiger partial charge in [0, 0.05) is 46.0 Å². The average Bonchev–Trinajstić information content (AvgIpc) is 2.34. The van der Waals surface area contributed by atoms with Gasteiger partial charge in [-0.05, 0) is 31.0 Å². The first-order chi connectivity index (χ1) is 8.90. The van der Waals surface area contributed by atoms with Crippen molar-refractivity contribution < 1.29 is 9.00 Å². The molecule has 0 aliphatic carbocycles. The van der Waals surface area contributed by atoms with Crippen LogP contribution >= 0.6 is 11.6 Å². The number of nitrogens with two attached hydrogens (primary N) is 1. The third-order valence-electron chi connectivity index (χ3n) is 2.82. The molecule has 2 atom stereocenters. The first-order valence-corrected chi connectivity index (χ1v) is 8.12. The number of hydrogen-bond acceptors (Lipinski definition) is 3. The Morgan fingerprint density at radius 1 is 1.53 bits per heavy atom. The van der Waals surface area contributed by atoms with E-state index < -0.39 is 16.7 Å². The summed E-state index contributed by atoms with van der Waals surface area (Å²) in [5.74, 6) is 0.197. The zero-order valence-electron chi connectivity index (χ0n) is 11.1. The lowest BCUT2D eigenvalue weighted by molar-refractivity contribution is 0.100. The van der Waals surface area contributed by atoms with E-state index in [1.807, 2.05) is 6.92 Å². The molecule has 0 saturated heterocycles. The van der Waals surface area contributed by atoms with Gasteiger partial charge in [-0.3, -0.25) is 9.00 Å². The Morgan fingerprint density at radius 2 is 2.21 bits per heavy atom. The smallest absolute Gasteiger partial charge is 0.248 e. The van der Waals surface area contributed by atoms with Crippen molar-refractivity contribution in [2.24, 2.45) is 5.73 Å². The van der Waals surface area contributed by atoms with Gasteiger partial charge >= 0.3 is 0 Å². The normalized spacial score (nSPS) is 14.1. The lowest BCUT2D eigenvalue weighted by Gasteiger charge is -2.14. The number of benzene rings is 1. The van der Waals surface area contributed by atoms with E-state index >= 15 is 0 Å². The first kappa shape index (κ1) is 16.1. The summed E-state index contributed by atoms with van der Waals surface area (Å²) in [5.41, 5.74) is 6.50. The highest BCUT2D eigenvalue weighted by atomic mass is 35.5. The van der Waals surface area contributed by atoms with E-state index in [-0.39, 0.29) is 6.04 Å². The summed E-state index contributed by atoms with van der Waals surface area (Å²) in [6.07, 6.45) is 2.55. The van der Waals surface area contributed by atoms with E-state index in [2.05, 4.69) is 5.32 Å². The molecular weight excluding hydrogens is 284 g/mol. The van der Waals surface area contributed by atoms with Crippen molar-refractivity contribution in [3.63, 3.8) is 0 Å². The van der Waals surface area contributed by atoms with Crippen LogP contribution in [0.5, 0.6) is 0 Å². The average molecular weight is 303 g/mol. The van der Waals surface area contributed by atoms with Crippen LogP contribution in [0.2, 0.25) is 5.02 Å². The van der Waals surface area contributed by atoms with Crippen LogP contribution in [0.4, 0.5) is 0 Å². The van der Waals surface area contributed by atoms with Crippen molar-refractivity contribution in [1.82, 2.24) is 5.32 Å². The summed E-state index contributed by atoms with van der Waals surface area (Å²) in [7, 11) is -0.764. The maximum Gasteiger partial charge on any atom is 0.248 e. The molecule has 0 heterocycles. The van der Waals surface area contributed by atoms with Crippen LogP contribution in [0.15, 0.2) is 18.2 Å². The summed E-state index contributed by atoms with van der Waals surface area (Å²) in [6, 6.07) is 5.29. The number of primary amides is 1. The first-order valence-electron chi connectivity index (χ1n) is 6.01. The third kappa shape index (κ3) is 5.72. The minimum absolute atomic E-state index is 0.260. The Bertz CT molecular complexity index is 480. The van der Waals surface area contributed by atoms with Gasteiger partial charge in [0.15, 0.2) is 0 Å². The monoisotopic (exact) mass is 302 g/mol. The van der Waals surface area contributed by atoms with Gasteiger partial charge in [-0.25, -0.2) is 0 Å². The van der Waals surface area contributed by atoms with Crippen LogP contribution in [-0.2, 0) is 17.3 Å². The largest absolute Gasteiger partial charge is 0.366 e.